The maximum Gasteiger partial charge on any atom is 0.260 e. The molecule has 0 N–H and O–H groups in total. The second kappa shape index (κ2) is 7.53. The van der Waals surface area contributed by atoms with Gasteiger partial charge in [-0.15, -0.1) is 0 Å². The first kappa shape index (κ1) is 18.2. The Kier molecular flexibility index (Phi) is 4.73. The summed E-state index contributed by atoms with van der Waals surface area (Å²) in [6.07, 6.45) is 1.59. The third kappa shape index (κ3) is 3.61. The number of rotatable bonds is 4. The minimum absolute atomic E-state index is 0.184. The number of ether oxygens (including phenoxy) is 2. The van der Waals surface area contributed by atoms with E-state index in [0.29, 0.717) is 41.2 Å². The van der Waals surface area contributed by atoms with Gasteiger partial charge in [-0.25, -0.2) is 4.98 Å². The zero-order valence-electron chi connectivity index (χ0n) is 15.1. The molecule has 6 nitrogen and oxygen atoms in total. The number of thiazole rings is 1. The summed E-state index contributed by atoms with van der Waals surface area (Å²) in [5, 5.41) is 0.606. The SMILES string of the molecule is O=C(c1ccc2c(c1)OCCO2)N(Cc1ccco1)c1nc2ccc(Br)cc2s1. The van der Waals surface area contributed by atoms with Crippen molar-refractivity contribution in [1.82, 2.24) is 4.98 Å². The highest BCUT2D eigenvalue weighted by Crippen LogP contribution is 2.35. The maximum atomic E-state index is 13.4. The summed E-state index contributed by atoms with van der Waals surface area (Å²) >= 11 is 4.95. The van der Waals surface area contributed by atoms with Gasteiger partial charge < -0.3 is 13.9 Å². The van der Waals surface area contributed by atoms with Gasteiger partial charge in [0, 0.05) is 10.0 Å². The van der Waals surface area contributed by atoms with Gasteiger partial charge in [0.1, 0.15) is 19.0 Å². The largest absolute Gasteiger partial charge is 0.486 e. The maximum absolute atomic E-state index is 13.4. The van der Waals surface area contributed by atoms with Crippen LogP contribution in [0.5, 0.6) is 11.5 Å². The Morgan fingerprint density at radius 2 is 1.97 bits per heavy atom. The molecule has 8 heteroatoms. The number of furan rings is 1. The number of hydrogen-bond donors (Lipinski definition) is 0. The fourth-order valence-corrected chi connectivity index (χ4v) is 4.63. The van der Waals surface area contributed by atoms with Crippen LogP contribution in [0.15, 0.2) is 63.7 Å². The van der Waals surface area contributed by atoms with Gasteiger partial charge >= 0.3 is 0 Å². The van der Waals surface area contributed by atoms with Crippen LogP contribution in [0, 0.1) is 0 Å². The van der Waals surface area contributed by atoms with Gasteiger partial charge in [-0.1, -0.05) is 27.3 Å². The van der Waals surface area contributed by atoms with Crippen LogP contribution < -0.4 is 14.4 Å². The van der Waals surface area contributed by atoms with Gasteiger partial charge in [-0.05, 0) is 48.5 Å². The molecule has 4 aromatic rings. The Morgan fingerprint density at radius 1 is 1.10 bits per heavy atom. The number of benzene rings is 2. The normalized spacial score (nSPS) is 12.9. The van der Waals surface area contributed by atoms with Crippen molar-refractivity contribution in [2.45, 2.75) is 6.54 Å². The zero-order valence-corrected chi connectivity index (χ0v) is 17.5. The molecule has 2 aromatic carbocycles. The van der Waals surface area contributed by atoms with E-state index in [4.69, 9.17) is 13.9 Å². The van der Waals surface area contributed by atoms with Crippen molar-refractivity contribution in [3.63, 3.8) is 0 Å². The van der Waals surface area contributed by atoms with Crippen LogP contribution in [-0.4, -0.2) is 24.1 Å². The molecule has 0 fully saturated rings. The standard InChI is InChI=1S/C21H15BrN2O4S/c22-14-4-5-16-19(11-14)29-21(23-16)24(12-15-2-1-7-26-15)20(25)13-3-6-17-18(10-13)28-9-8-27-17/h1-7,10-11H,8-9,12H2. The van der Waals surface area contributed by atoms with Crippen LogP contribution in [0.1, 0.15) is 16.1 Å². The Morgan fingerprint density at radius 3 is 2.79 bits per heavy atom. The van der Waals surface area contributed by atoms with Gasteiger partial charge in [0.05, 0.1) is 23.0 Å². The predicted molar refractivity (Wildman–Crippen MR) is 114 cm³/mol. The lowest BCUT2D eigenvalue weighted by atomic mass is 10.1. The molecule has 0 spiro atoms. The summed E-state index contributed by atoms with van der Waals surface area (Å²) < 4.78 is 18.6. The monoisotopic (exact) mass is 470 g/mol. The predicted octanol–water partition coefficient (Wildman–Crippen LogP) is 5.27. The lowest BCUT2D eigenvalue weighted by Crippen LogP contribution is -2.30. The second-order valence-corrected chi connectivity index (χ2v) is 8.36. The molecule has 1 aliphatic rings. The first-order valence-corrected chi connectivity index (χ1v) is 10.6. The van der Waals surface area contributed by atoms with Crippen LogP contribution in [0.3, 0.4) is 0 Å². The molecular weight excluding hydrogens is 456 g/mol. The summed E-state index contributed by atoms with van der Waals surface area (Å²) in [5.41, 5.74) is 1.34. The quantitative estimate of drug-likeness (QED) is 0.406. The van der Waals surface area contributed by atoms with Crippen molar-refractivity contribution in [3.05, 3.63) is 70.6 Å². The van der Waals surface area contributed by atoms with Crippen LogP contribution in [-0.2, 0) is 6.54 Å². The van der Waals surface area contributed by atoms with Crippen molar-refractivity contribution in [3.8, 4) is 11.5 Å². The molecular formula is C21H15BrN2O4S. The molecule has 29 heavy (non-hydrogen) atoms. The number of halogens is 1. The van der Waals surface area contributed by atoms with Crippen molar-refractivity contribution < 1.29 is 18.7 Å². The van der Waals surface area contributed by atoms with Crippen LogP contribution in [0.2, 0.25) is 0 Å². The lowest BCUT2D eigenvalue weighted by Gasteiger charge is -2.21. The minimum atomic E-state index is -0.184. The van der Waals surface area contributed by atoms with E-state index in [0.717, 1.165) is 14.7 Å². The van der Waals surface area contributed by atoms with Gasteiger partial charge in [0.2, 0.25) is 0 Å². The number of carbonyl (C=O) groups is 1. The highest BCUT2D eigenvalue weighted by atomic mass is 79.9. The smallest absolute Gasteiger partial charge is 0.260 e. The molecule has 146 valence electrons. The summed E-state index contributed by atoms with van der Waals surface area (Å²) in [4.78, 5) is 19.7. The highest BCUT2D eigenvalue weighted by molar-refractivity contribution is 9.10. The Bertz CT molecular complexity index is 1190. The topological polar surface area (TPSA) is 64.8 Å². The van der Waals surface area contributed by atoms with Gasteiger partial charge in [-0.2, -0.15) is 0 Å². The van der Waals surface area contributed by atoms with E-state index in [1.165, 1.54) is 11.3 Å². The molecule has 0 aliphatic carbocycles. The Balaban J connectivity index is 1.55. The molecule has 1 amide bonds. The number of carbonyl (C=O) groups excluding carboxylic acids is 1. The summed E-state index contributed by atoms with van der Waals surface area (Å²) in [5.74, 6) is 1.72. The summed E-state index contributed by atoms with van der Waals surface area (Å²) in [6.45, 7) is 1.25. The van der Waals surface area contributed by atoms with E-state index in [-0.39, 0.29) is 12.5 Å². The van der Waals surface area contributed by atoms with Crippen molar-refractivity contribution in [2.24, 2.45) is 0 Å². The van der Waals surface area contributed by atoms with Gasteiger partial charge in [0.15, 0.2) is 16.6 Å². The number of nitrogens with zero attached hydrogens (tertiary/aromatic N) is 2. The fourth-order valence-electron chi connectivity index (χ4n) is 3.12. The van der Waals surface area contributed by atoms with Crippen molar-refractivity contribution in [1.29, 1.82) is 0 Å². The minimum Gasteiger partial charge on any atom is -0.486 e. The molecule has 3 heterocycles. The van der Waals surface area contributed by atoms with E-state index < -0.39 is 0 Å². The van der Waals surface area contributed by atoms with Crippen molar-refractivity contribution >= 4 is 48.5 Å². The molecule has 0 radical (unpaired) electrons. The van der Waals surface area contributed by atoms with Crippen LogP contribution in [0.4, 0.5) is 5.13 Å². The van der Waals surface area contributed by atoms with Crippen LogP contribution in [0.25, 0.3) is 10.2 Å². The number of anilines is 1. The average Bonchev–Trinajstić information content (AvgIpc) is 3.40. The Hall–Kier alpha value is -2.84. The fraction of sp³-hybridized carbons (Fsp3) is 0.143. The second-order valence-electron chi connectivity index (χ2n) is 6.44. The number of hydrogen-bond acceptors (Lipinski definition) is 6. The third-order valence-electron chi connectivity index (χ3n) is 4.50. The number of amides is 1. The lowest BCUT2D eigenvalue weighted by molar-refractivity contribution is 0.0982. The van der Waals surface area contributed by atoms with E-state index in [1.54, 1.807) is 35.4 Å². The average molecular weight is 471 g/mol. The molecule has 1 aliphatic heterocycles. The molecule has 0 atom stereocenters. The van der Waals surface area contributed by atoms with E-state index in [9.17, 15) is 4.79 Å². The molecule has 5 rings (SSSR count). The summed E-state index contributed by atoms with van der Waals surface area (Å²) in [7, 11) is 0. The zero-order chi connectivity index (χ0) is 19.8. The van der Waals surface area contributed by atoms with Gasteiger partial charge in [0.25, 0.3) is 5.91 Å². The number of fused-ring (bicyclic) bond motifs is 2. The number of aromatic nitrogens is 1. The molecule has 0 bridgehead atoms. The first-order chi connectivity index (χ1) is 14.2. The third-order valence-corrected chi connectivity index (χ3v) is 6.03. The highest BCUT2D eigenvalue weighted by Gasteiger charge is 2.24. The molecule has 0 saturated heterocycles. The van der Waals surface area contributed by atoms with Crippen LogP contribution >= 0.6 is 27.3 Å². The molecule has 2 aromatic heterocycles. The summed E-state index contributed by atoms with van der Waals surface area (Å²) in [6, 6.07) is 14.7. The van der Waals surface area contributed by atoms with E-state index in [2.05, 4.69) is 20.9 Å². The van der Waals surface area contributed by atoms with E-state index in [1.807, 2.05) is 24.3 Å². The van der Waals surface area contributed by atoms with Gasteiger partial charge in [-0.3, -0.25) is 9.69 Å². The van der Waals surface area contributed by atoms with E-state index >= 15 is 0 Å². The molecule has 0 saturated carbocycles. The first-order valence-electron chi connectivity index (χ1n) is 8.97. The van der Waals surface area contributed by atoms with Crippen molar-refractivity contribution in [2.75, 3.05) is 18.1 Å². The Labute approximate surface area is 178 Å². The molecule has 0 unspecified atom stereocenters.